The van der Waals surface area contributed by atoms with Crippen molar-refractivity contribution in [3.63, 3.8) is 0 Å². The predicted molar refractivity (Wildman–Crippen MR) is 95.2 cm³/mol. The number of furan rings is 1. The van der Waals surface area contributed by atoms with Crippen molar-refractivity contribution < 1.29 is 18.7 Å². The van der Waals surface area contributed by atoms with Crippen LogP contribution in [0.3, 0.4) is 0 Å². The van der Waals surface area contributed by atoms with Crippen molar-refractivity contribution in [1.82, 2.24) is 9.88 Å². The highest BCUT2D eigenvalue weighted by atomic mass is 16.5. The van der Waals surface area contributed by atoms with E-state index in [1.807, 2.05) is 41.8 Å². The van der Waals surface area contributed by atoms with E-state index in [9.17, 15) is 4.79 Å². The molecule has 1 amide bonds. The summed E-state index contributed by atoms with van der Waals surface area (Å²) in [7, 11) is 3.24. The molecule has 0 spiro atoms. The molecule has 0 aliphatic rings. The highest BCUT2D eigenvalue weighted by molar-refractivity contribution is 5.97. The quantitative estimate of drug-likeness (QED) is 0.671. The van der Waals surface area contributed by atoms with Crippen LogP contribution in [0.25, 0.3) is 11.1 Å². The Bertz CT molecular complexity index is 879. The van der Waals surface area contributed by atoms with Gasteiger partial charge in [-0.15, -0.1) is 0 Å². The molecule has 3 rings (SSSR count). The van der Waals surface area contributed by atoms with E-state index < -0.39 is 0 Å². The summed E-state index contributed by atoms with van der Waals surface area (Å²) < 4.78 is 17.9. The monoisotopic (exact) mass is 342 g/mol. The lowest BCUT2D eigenvalue weighted by atomic mass is 10.2. The second kappa shape index (κ2) is 7.44. The van der Waals surface area contributed by atoms with Crippen LogP contribution in [0.15, 0.2) is 40.8 Å². The first-order valence-electron chi connectivity index (χ1n) is 8.12. The molecule has 0 aliphatic carbocycles. The van der Waals surface area contributed by atoms with E-state index in [2.05, 4.69) is 5.32 Å². The number of aromatic nitrogens is 1. The van der Waals surface area contributed by atoms with Crippen molar-refractivity contribution in [1.29, 1.82) is 0 Å². The number of hydrogen-bond donors (Lipinski definition) is 1. The Morgan fingerprint density at radius 1 is 1.24 bits per heavy atom. The molecule has 0 atom stereocenters. The maximum atomic E-state index is 12.6. The Labute approximate surface area is 146 Å². The minimum atomic E-state index is -0.149. The first kappa shape index (κ1) is 17.1. The number of nitrogens with zero attached hydrogens (tertiary/aromatic N) is 1. The Balaban J connectivity index is 1.95. The van der Waals surface area contributed by atoms with Crippen LogP contribution in [0.2, 0.25) is 0 Å². The van der Waals surface area contributed by atoms with Gasteiger partial charge in [-0.25, -0.2) is 0 Å². The molecule has 132 valence electrons. The normalized spacial score (nSPS) is 11.0. The highest BCUT2D eigenvalue weighted by Gasteiger charge is 2.18. The minimum absolute atomic E-state index is 0.149. The fourth-order valence-corrected chi connectivity index (χ4v) is 2.83. The number of fused-ring (bicyclic) bond motifs is 1. The van der Waals surface area contributed by atoms with Crippen molar-refractivity contribution in [3.05, 3.63) is 53.4 Å². The first-order valence-corrected chi connectivity index (χ1v) is 8.12. The largest absolute Gasteiger partial charge is 0.497 e. The topological polar surface area (TPSA) is 65.6 Å². The molecule has 0 aliphatic heterocycles. The molecule has 1 N–H and O–H groups in total. The average molecular weight is 342 g/mol. The van der Waals surface area contributed by atoms with Gasteiger partial charge in [0.15, 0.2) is 5.58 Å². The lowest BCUT2D eigenvalue weighted by Crippen LogP contribution is -2.29. The van der Waals surface area contributed by atoms with Crippen LogP contribution in [-0.2, 0) is 11.3 Å². The lowest BCUT2D eigenvalue weighted by Gasteiger charge is -2.11. The molecule has 2 heterocycles. The standard InChI is InChI=1S/C19H22N2O4/c1-13-9-16-18(25-13)11-17(19(22)20-7-8-23-2)21(16)12-14-5-4-6-15(10-14)24-3/h4-6,9-11H,7-8,12H2,1-3H3,(H,20,22). The van der Waals surface area contributed by atoms with Gasteiger partial charge in [-0.3, -0.25) is 4.79 Å². The van der Waals surface area contributed by atoms with Crippen LogP contribution in [0, 0.1) is 6.92 Å². The second-order valence-corrected chi connectivity index (χ2v) is 5.82. The summed E-state index contributed by atoms with van der Waals surface area (Å²) in [6, 6.07) is 11.5. The van der Waals surface area contributed by atoms with E-state index in [4.69, 9.17) is 13.9 Å². The number of rotatable bonds is 7. The van der Waals surface area contributed by atoms with Crippen LogP contribution < -0.4 is 10.1 Å². The Kier molecular flexibility index (Phi) is 5.09. The zero-order valence-corrected chi connectivity index (χ0v) is 14.7. The van der Waals surface area contributed by atoms with Gasteiger partial charge < -0.3 is 23.8 Å². The number of methoxy groups -OCH3 is 2. The second-order valence-electron chi connectivity index (χ2n) is 5.82. The third-order valence-corrected chi connectivity index (χ3v) is 4.01. The molecule has 0 saturated heterocycles. The Morgan fingerprint density at radius 2 is 2.08 bits per heavy atom. The van der Waals surface area contributed by atoms with Gasteiger partial charge >= 0.3 is 0 Å². The molecule has 6 nitrogen and oxygen atoms in total. The van der Waals surface area contributed by atoms with Crippen molar-refractivity contribution in [2.45, 2.75) is 13.5 Å². The van der Waals surface area contributed by atoms with Gasteiger partial charge in [0.05, 0.1) is 19.2 Å². The van der Waals surface area contributed by atoms with Crippen LogP contribution in [0.1, 0.15) is 21.8 Å². The first-order chi connectivity index (χ1) is 12.1. The van der Waals surface area contributed by atoms with E-state index in [-0.39, 0.29) is 5.91 Å². The molecule has 6 heteroatoms. The smallest absolute Gasteiger partial charge is 0.268 e. The van der Waals surface area contributed by atoms with Crippen molar-refractivity contribution in [2.75, 3.05) is 27.4 Å². The number of nitrogens with one attached hydrogen (secondary N) is 1. The number of benzene rings is 1. The van der Waals surface area contributed by atoms with E-state index in [0.717, 1.165) is 22.6 Å². The molecule has 2 aromatic heterocycles. The van der Waals surface area contributed by atoms with E-state index in [1.165, 1.54) is 0 Å². The maximum absolute atomic E-state index is 12.6. The molecule has 0 unspecified atom stereocenters. The van der Waals surface area contributed by atoms with Gasteiger partial charge in [0.1, 0.15) is 17.2 Å². The summed E-state index contributed by atoms with van der Waals surface area (Å²) in [6.45, 7) is 3.37. The fraction of sp³-hybridized carbons (Fsp3) is 0.316. The summed E-state index contributed by atoms with van der Waals surface area (Å²) in [5, 5.41) is 2.86. The number of hydrogen-bond acceptors (Lipinski definition) is 4. The van der Waals surface area contributed by atoms with Gasteiger partial charge in [0.25, 0.3) is 5.91 Å². The van der Waals surface area contributed by atoms with Crippen molar-refractivity contribution in [3.8, 4) is 5.75 Å². The molecule has 0 saturated carbocycles. The number of ether oxygens (including phenoxy) is 2. The molecule has 0 radical (unpaired) electrons. The number of carbonyl (C=O) groups excluding carboxylic acids is 1. The van der Waals surface area contributed by atoms with Crippen LogP contribution in [0.5, 0.6) is 5.75 Å². The summed E-state index contributed by atoms with van der Waals surface area (Å²) in [5.74, 6) is 1.45. The molecule has 1 aromatic carbocycles. The summed E-state index contributed by atoms with van der Waals surface area (Å²) in [4.78, 5) is 12.6. The van der Waals surface area contributed by atoms with E-state index in [0.29, 0.717) is 31.0 Å². The fourth-order valence-electron chi connectivity index (χ4n) is 2.83. The number of aryl methyl sites for hydroxylation is 1. The van der Waals surface area contributed by atoms with E-state index >= 15 is 0 Å². The van der Waals surface area contributed by atoms with Gasteiger partial charge in [-0.2, -0.15) is 0 Å². The highest BCUT2D eigenvalue weighted by Crippen LogP contribution is 2.25. The third-order valence-electron chi connectivity index (χ3n) is 4.01. The SMILES string of the molecule is COCCNC(=O)c1cc2oc(C)cc2n1Cc1cccc(OC)c1. The van der Waals surface area contributed by atoms with Gasteiger partial charge in [0.2, 0.25) is 0 Å². The Morgan fingerprint density at radius 3 is 2.84 bits per heavy atom. The molecular formula is C19H22N2O4. The van der Waals surface area contributed by atoms with Crippen LogP contribution >= 0.6 is 0 Å². The van der Waals surface area contributed by atoms with Crippen molar-refractivity contribution in [2.24, 2.45) is 0 Å². The van der Waals surface area contributed by atoms with Crippen LogP contribution in [-0.4, -0.2) is 37.8 Å². The zero-order valence-electron chi connectivity index (χ0n) is 14.7. The lowest BCUT2D eigenvalue weighted by molar-refractivity contribution is 0.0928. The molecule has 0 bridgehead atoms. The summed E-state index contributed by atoms with van der Waals surface area (Å²) >= 11 is 0. The molecule has 25 heavy (non-hydrogen) atoms. The summed E-state index contributed by atoms with van der Waals surface area (Å²) in [6.07, 6.45) is 0. The van der Waals surface area contributed by atoms with Gasteiger partial charge in [0, 0.05) is 32.3 Å². The summed E-state index contributed by atoms with van der Waals surface area (Å²) in [5.41, 5.74) is 3.21. The van der Waals surface area contributed by atoms with Gasteiger partial charge in [-0.05, 0) is 24.6 Å². The maximum Gasteiger partial charge on any atom is 0.268 e. The predicted octanol–water partition coefficient (Wildman–Crippen LogP) is 2.98. The molecule has 0 fully saturated rings. The van der Waals surface area contributed by atoms with Crippen LogP contribution in [0.4, 0.5) is 0 Å². The average Bonchev–Trinajstić information content (AvgIpc) is 3.12. The van der Waals surface area contributed by atoms with Gasteiger partial charge in [-0.1, -0.05) is 12.1 Å². The minimum Gasteiger partial charge on any atom is -0.497 e. The Hall–Kier alpha value is -2.73. The number of amides is 1. The number of carbonyl (C=O) groups is 1. The van der Waals surface area contributed by atoms with Crippen molar-refractivity contribution >= 4 is 17.0 Å². The zero-order chi connectivity index (χ0) is 17.8. The van der Waals surface area contributed by atoms with E-state index in [1.54, 1.807) is 20.3 Å². The molecule has 3 aromatic rings. The third kappa shape index (κ3) is 3.69. The molecular weight excluding hydrogens is 320 g/mol.